The predicted molar refractivity (Wildman–Crippen MR) is 102 cm³/mol. The first-order chi connectivity index (χ1) is 11.8. The molecule has 0 unspecified atom stereocenters. The summed E-state index contributed by atoms with van der Waals surface area (Å²) in [4.78, 5) is 12.0. The van der Waals surface area contributed by atoms with Crippen molar-refractivity contribution in [2.75, 3.05) is 18.0 Å². The van der Waals surface area contributed by atoms with Crippen LogP contribution < -0.4 is 4.90 Å². The van der Waals surface area contributed by atoms with E-state index in [1.165, 1.54) is 24.8 Å². The minimum Gasteiger partial charge on any atom is -0.492 e. The van der Waals surface area contributed by atoms with Crippen molar-refractivity contribution in [1.29, 1.82) is 0 Å². The third-order valence-corrected chi connectivity index (χ3v) is 5.73. The van der Waals surface area contributed by atoms with Crippen LogP contribution in [-0.2, 0) is 6.42 Å². The van der Waals surface area contributed by atoms with Crippen LogP contribution >= 0.6 is 11.3 Å². The highest BCUT2D eigenvalue weighted by Gasteiger charge is 2.19. The molecule has 5 heteroatoms. The molecule has 1 aromatic carbocycles. The van der Waals surface area contributed by atoms with Gasteiger partial charge in [0.25, 0.3) is 0 Å². The van der Waals surface area contributed by atoms with Crippen molar-refractivity contribution in [1.82, 2.24) is 4.98 Å². The molecular formula is C19H21N3OS. The molecule has 124 valence electrons. The second-order valence-corrected chi connectivity index (χ2v) is 7.27. The Morgan fingerprint density at radius 2 is 2.08 bits per heavy atom. The number of aliphatic imine (C=N–C) groups is 1. The lowest BCUT2D eigenvalue weighted by Crippen LogP contribution is -2.29. The summed E-state index contributed by atoms with van der Waals surface area (Å²) in [5.41, 5.74) is 4.51. The number of piperidine rings is 1. The molecule has 24 heavy (non-hydrogen) atoms. The van der Waals surface area contributed by atoms with E-state index in [0.29, 0.717) is 0 Å². The number of nitrogens with zero attached hydrogens (tertiary/aromatic N) is 3. The number of allylic oxidation sites excluding steroid dienone is 1. The normalized spacial score (nSPS) is 18.4. The van der Waals surface area contributed by atoms with Crippen molar-refractivity contribution in [2.24, 2.45) is 4.99 Å². The van der Waals surface area contributed by atoms with Gasteiger partial charge in [-0.2, -0.15) is 4.98 Å². The topological polar surface area (TPSA) is 48.7 Å². The van der Waals surface area contributed by atoms with E-state index < -0.39 is 0 Å². The van der Waals surface area contributed by atoms with Gasteiger partial charge in [-0.25, -0.2) is 0 Å². The first-order valence-electron chi connectivity index (χ1n) is 8.59. The minimum absolute atomic E-state index is 0.126. The number of fused-ring (bicyclic) bond motifs is 1. The lowest BCUT2D eigenvalue weighted by atomic mass is 10.0. The molecule has 0 spiro atoms. The highest BCUT2D eigenvalue weighted by molar-refractivity contribution is 7.16. The second kappa shape index (κ2) is 6.40. The van der Waals surface area contributed by atoms with E-state index in [9.17, 15) is 5.11 Å². The first-order valence-corrected chi connectivity index (χ1v) is 9.40. The first kappa shape index (κ1) is 15.4. The molecule has 1 fully saturated rings. The maximum atomic E-state index is 10.3. The summed E-state index contributed by atoms with van der Waals surface area (Å²) in [5.74, 6) is 0.126. The summed E-state index contributed by atoms with van der Waals surface area (Å²) >= 11 is 1.56. The van der Waals surface area contributed by atoms with Crippen molar-refractivity contribution >= 4 is 40.0 Å². The van der Waals surface area contributed by atoms with Crippen molar-refractivity contribution in [3.8, 4) is 5.88 Å². The quantitative estimate of drug-likeness (QED) is 0.885. The van der Waals surface area contributed by atoms with Crippen molar-refractivity contribution in [2.45, 2.75) is 32.6 Å². The number of anilines is 1. The molecule has 2 aliphatic rings. The maximum absolute atomic E-state index is 10.3. The number of thiazole rings is 1. The Bertz CT molecular complexity index is 816. The lowest BCUT2D eigenvalue weighted by molar-refractivity contribution is 0.455. The van der Waals surface area contributed by atoms with E-state index in [4.69, 9.17) is 0 Å². The monoisotopic (exact) mass is 339 g/mol. The molecule has 1 aromatic heterocycles. The zero-order chi connectivity index (χ0) is 16.5. The van der Waals surface area contributed by atoms with Crippen LogP contribution in [-0.4, -0.2) is 29.4 Å². The molecule has 0 saturated carbocycles. The highest BCUT2D eigenvalue weighted by atomic mass is 32.1. The Balaban J connectivity index is 1.66. The summed E-state index contributed by atoms with van der Waals surface area (Å²) < 4.78 is 0. The van der Waals surface area contributed by atoms with Crippen LogP contribution in [0.15, 0.2) is 23.2 Å². The number of rotatable bonds is 3. The molecule has 1 N–H and O–H groups in total. The van der Waals surface area contributed by atoms with Crippen LogP contribution in [0.3, 0.4) is 0 Å². The molecule has 2 aliphatic heterocycles. The van der Waals surface area contributed by atoms with Crippen LogP contribution in [0.25, 0.3) is 11.6 Å². The van der Waals surface area contributed by atoms with Gasteiger partial charge >= 0.3 is 0 Å². The standard InChI is InChI=1S/C19H21N3OS/c1-2-13-7-6-8-15-14(12-20-17(13)15)11-16-18(23)21-19(24-16)22-9-4-3-5-10-22/h6-8,11-12,23H,2-5,9-10H2,1H3/b14-11+. The highest BCUT2D eigenvalue weighted by Crippen LogP contribution is 2.39. The summed E-state index contributed by atoms with van der Waals surface area (Å²) in [6.07, 6.45) is 8.57. The van der Waals surface area contributed by atoms with Gasteiger partial charge in [0.1, 0.15) is 0 Å². The second-order valence-electron chi connectivity index (χ2n) is 6.26. The molecule has 1 saturated heterocycles. The van der Waals surface area contributed by atoms with Gasteiger partial charge in [0, 0.05) is 30.4 Å². The maximum Gasteiger partial charge on any atom is 0.231 e. The van der Waals surface area contributed by atoms with Gasteiger partial charge in [-0.15, -0.1) is 0 Å². The Hall–Kier alpha value is -2.14. The van der Waals surface area contributed by atoms with Gasteiger partial charge in [0.2, 0.25) is 5.88 Å². The fourth-order valence-electron chi connectivity index (χ4n) is 3.35. The van der Waals surface area contributed by atoms with Crippen LogP contribution in [0.2, 0.25) is 0 Å². The molecule has 0 bridgehead atoms. The van der Waals surface area contributed by atoms with Gasteiger partial charge in [-0.1, -0.05) is 36.5 Å². The summed E-state index contributed by atoms with van der Waals surface area (Å²) in [5, 5.41) is 11.2. The van der Waals surface area contributed by atoms with Crippen LogP contribution in [0.5, 0.6) is 5.88 Å². The van der Waals surface area contributed by atoms with E-state index in [0.717, 1.165) is 46.3 Å². The van der Waals surface area contributed by atoms with Crippen molar-refractivity contribution in [3.05, 3.63) is 34.2 Å². The van der Waals surface area contributed by atoms with Crippen molar-refractivity contribution in [3.63, 3.8) is 0 Å². The number of hydrogen-bond donors (Lipinski definition) is 1. The van der Waals surface area contributed by atoms with Gasteiger partial charge in [-0.3, -0.25) is 4.99 Å². The minimum atomic E-state index is 0.126. The predicted octanol–water partition coefficient (Wildman–Crippen LogP) is 4.66. The van der Waals surface area contributed by atoms with E-state index in [2.05, 4.69) is 40.0 Å². The molecule has 0 amide bonds. The average molecular weight is 339 g/mol. The zero-order valence-electron chi connectivity index (χ0n) is 13.8. The number of aromatic nitrogens is 1. The number of aryl methyl sites for hydroxylation is 1. The van der Waals surface area contributed by atoms with Gasteiger partial charge in [0.05, 0.1) is 10.6 Å². The SMILES string of the molecule is CCc1cccc2c1N=C/C2=C\c1sc(N2CCCCC2)nc1O. The molecule has 0 radical (unpaired) electrons. The van der Waals surface area contributed by atoms with Crippen LogP contribution in [0.1, 0.15) is 42.2 Å². The van der Waals surface area contributed by atoms with Crippen LogP contribution in [0, 0.1) is 0 Å². The number of aromatic hydroxyl groups is 1. The molecule has 2 aromatic rings. The molecule has 4 nitrogen and oxygen atoms in total. The molecule has 0 aliphatic carbocycles. The molecular weight excluding hydrogens is 318 g/mol. The van der Waals surface area contributed by atoms with E-state index in [1.54, 1.807) is 11.3 Å². The summed E-state index contributed by atoms with van der Waals surface area (Å²) in [6, 6.07) is 6.29. The number of benzene rings is 1. The number of para-hydroxylation sites is 1. The Morgan fingerprint density at radius 1 is 1.25 bits per heavy atom. The number of hydrogen-bond acceptors (Lipinski definition) is 5. The Labute approximate surface area is 146 Å². The summed E-state index contributed by atoms with van der Waals surface area (Å²) in [6.45, 7) is 4.22. The lowest BCUT2D eigenvalue weighted by Gasteiger charge is -2.25. The molecule has 4 rings (SSSR count). The average Bonchev–Trinajstić information content (AvgIpc) is 3.20. The molecule has 0 atom stereocenters. The van der Waals surface area contributed by atoms with E-state index in [-0.39, 0.29) is 5.88 Å². The van der Waals surface area contributed by atoms with Crippen LogP contribution in [0.4, 0.5) is 10.8 Å². The van der Waals surface area contributed by atoms with Gasteiger partial charge in [0.15, 0.2) is 5.13 Å². The van der Waals surface area contributed by atoms with Crippen molar-refractivity contribution < 1.29 is 5.11 Å². The fraction of sp³-hybridized carbons (Fsp3) is 0.368. The third kappa shape index (κ3) is 2.73. The van der Waals surface area contributed by atoms with E-state index in [1.807, 2.05) is 12.3 Å². The largest absolute Gasteiger partial charge is 0.492 e. The zero-order valence-corrected chi connectivity index (χ0v) is 14.6. The van der Waals surface area contributed by atoms with E-state index >= 15 is 0 Å². The molecule has 3 heterocycles. The van der Waals surface area contributed by atoms with Gasteiger partial charge in [-0.05, 0) is 37.3 Å². The van der Waals surface area contributed by atoms with Gasteiger partial charge < -0.3 is 10.0 Å². The smallest absolute Gasteiger partial charge is 0.231 e. The summed E-state index contributed by atoms with van der Waals surface area (Å²) in [7, 11) is 0. The fourth-order valence-corrected chi connectivity index (χ4v) is 4.31. The third-order valence-electron chi connectivity index (χ3n) is 4.68. The Kier molecular flexibility index (Phi) is 4.10. The Morgan fingerprint density at radius 3 is 2.88 bits per heavy atom.